The lowest BCUT2D eigenvalue weighted by Crippen LogP contribution is -2.48. The molecule has 0 bridgehead atoms. The van der Waals surface area contributed by atoms with Crippen LogP contribution in [0.15, 0.2) is 0 Å². The van der Waals surface area contributed by atoms with Crippen molar-refractivity contribution in [1.29, 1.82) is 0 Å². The Morgan fingerprint density at radius 1 is 1.56 bits per heavy atom. The molecule has 96 valence electrons. The molecule has 1 saturated heterocycles. The largest absolute Gasteiger partial charge is 0.328 e. The Kier molecular flexibility index (Phi) is 5.56. The van der Waals surface area contributed by atoms with Gasteiger partial charge in [0.15, 0.2) is 9.84 Å². The van der Waals surface area contributed by atoms with Crippen molar-refractivity contribution in [3.63, 3.8) is 0 Å². The predicted molar refractivity (Wildman–Crippen MR) is 70.4 cm³/mol. The second kappa shape index (κ2) is 6.23. The van der Waals surface area contributed by atoms with Crippen molar-refractivity contribution in [3.05, 3.63) is 0 Å². The molecule has 1 heterocycles. The third-order valence-electron chi connectivity index (χ3n) is 2.88. The van der Waals surface area contributed by atoms with Gasteiger partial charge in [-0.1, -0.05) is 6.92 Å². The molecule has 1 rings (SSSR count). The summed E-state index contributed by atoms with van der Waals surface area (Å²) in [5, 5.41) is -0.296. The highest BCUT2D eigenvalue weighted by molar-refractivity contribution is 8.01. The molecule has 1 aliphatic rings. The molecule has 0 radical (unpaired) electrons. The van der Waals surface area contributed by atoms with E-state index in [-0.39, 0.29) is 17.2 Å². The summed E-state index contributed by atoms with van der Waals surface area (Å²) in [5.41, 5.74) is 5.72. The molecule has 16 heavy (non-hydrogen) atoms. The lowest BCUT2D eigenvalue weighted by molar-refractivity contribution is 0.261. The Morgan fingerprint density at radius 2 is 2.25 bits per heavy atom. The molecule has 0 spiro atoms. The summed E-state index contributed by atoms with van der Waals surface area (Å²) in [6, 6.07) is 0.138. The number of rotatable bonds is 5. The second-order valence-corrected chi connectivity index (χ2v) is 7.88. The lowest BCUT2D eigenvalue weighted by Gasteiger charge is -2.34. The third-order valence-corrected chi connectivity index (χ3v) is 6.21. The monoisotopic (exact) mass is 266 g/mol. The number of sulfone groups is 1. The molecule has 0 aliphatic carbocycles. The molecule has 0 amide bonds. The average Bonchev–Trinajstić information content (AvgIpc) is 2.26. The van der Waals surface area contributed by atoms with Gasteiger partial charge in [0.05, 0.1) is 0 Å². The molecule has 2 N–H and O–H groups in total. The van der Waals surface area contributed by atoms with Crippen LogP contribution in [0, 0.1) is 0 Å². The fraction of sp³-hybridized carbons (Fsp3) is 1.00. The van der Waals surface area contributed by atoms with E-state index in [0.717, 1.165) is 25.3 Å². The van der Waals surface area contributed by atoms with Crippen molar-refractivity contribution in [2.45, 2.75) is 31.7 Å². The zero-order valence-electron chi connectivity index (χ0n) is 10.1. The van der Waals surface area contributed by atoms with Crippen molar-refractivity contribution < 1.29 is 8.42 Å². The summed E-state index contributed by atoms with van der Waals surface area (Å²) >= 11 is 1.73. The average molecular weight is 266 g/mol. The summed E-state index contributed by atoms with van der Waals surface area (Å²) in [7, 11) is -2.95. The highest BCUT2D eigenvalue weighted by Gasteiger charge is 2.32. The smallest absolute Gasteiger partial charge is 0.166 e. The SMILES string of the molecule is CCS(=O)(=O)C1CSCCN1CCC(C)N. The van der Waals surface area contributed by atoms with Gasteiger partial charge in [0.1, 0.15) is 5.37 Å². The van der Waals surface area contributed by atoms with Crippen LogP contribution in [0.25, 0.3) is 0 Å². The lowest BCUT2D eigenvalue weighted by atomic mass is 10.2. The van der Waals surface area contributed by atoms with Crippen LogP contribution in [0.4, 0.5) is 0 Å². The Bertz CT molecular complexity index is 304. The first kappa shape index (κ1) is 14.3. The van der Waals surface area contributed by atoms with Crippen molar-refractivity contribution in [1.82, 2.24) is 4.90 Å². The van der Waals surface area contributed by atoms with Gasteiger partial charge in [0.25, 0.3) is 0 Å². The van der Waals surface area contributed by atoms with E-state index in [1.54, 1.807) is 18.7 Å². The van der Waals surface area contributed by atoms with Crippen LogP contribution in [-0.2, 0) is 9.84 Å². The first-order valence-corrected chi connectivity index (χ1v) is 8.63. The molecule has 0 saturated carbocycles. The molecule has 0 aromatic carbocycles. The highest BCUT2D eigenvalue weighted by atomic mass is 32.2. The van der Waals surface area contributed by atoms with E-state index in [1.807, 2.05) is 6.92 Å². The summed E-state index contributed by atoms with van der Waals surface area (Å²) < 4.78 is 23.8. The third kappa shape index (κ3) is 3.91. The van der Waals surface area contributed by atoms with Gasteiger partial charge < -0.3 is 5.73 Å². The minimum Gasteiger partial charge on any atom is -0.328 e. The minimum absolute atomic E-state index is 0.138. The van der Waals surface area contributed by atoms with Crippen LogP contribution in [0.5, 0.6) is 0 Å². The molecular formula is C10H22N2O2S2. The first-order chi connectivity index (χ1) is 7.47. The van der Waals surface area contributed by atoms with Gasteiger partial charge in [0.2, 0.25) is 0 Å². The molecule has 1 fully saturated rings. The maximum Gasteiger partial charge on any atom is 0.166 e. The quantitative estimate of drug-likeness (QED) is 0.786. The Labute approximate surface area is 103 Å². The molecule has 2 unspecified atom stereocenters. The predicted octanol–water partition coefficient (Wildman–Crippen LogP) is 0.533. The van der Waals surface area contributed by atoms with Gasteiger partial charge in [-0.15, -0.1) is 0 Å². The minimum atomic E-state index is -2.95. The molecule has 0 aromatic heterocycles. The maximum atomic E-state index is 11.9. The number of thioether (sulfide) groups is 1. The Morgan fingerprint density at radius 3 is 2.81 bits per heavy atom. The maximum absolute atomic E-state index is 11.9. The van der Waals surface area contributed by atoms with Crippen molar-refractivity contribution >= 4 is 21.6 Å². The topological polar surface area (TPSA) is 63.4 Å². The van der Waals surface area contributed by atoms with Crippen molar-refractivity contribution in [2.75, 3.05) is 30.3 Å². The molecular weight excluding hydrogens is 244 g/mol. The van der Waals surface area contributed by atoms with Gasteiger partial charge in [-0.05, 0) is 13.3 Å². The summed E-state index contributed by atoms with van der Waals surface area (Å²) in [6.45, 7) is 5.34. The fourth-order valence-corrected chi connectivity index (χ4v) is 4.87. The van der Waals surface area contributed by atoms with Gasteiger partial charge in [-0.3, -0.25) is 4.90 Å². The molecule has 6 heteroatoms. The van der Waals surface area contributed by atoms with Crippen molar-refractivity contribution in [2.24, 2.45) is 5.73 Å². The molecule has 2 atom stereocenters. The second-order valence-electron chi connectivity index (χ2n) is 4.28. The van der Waals surface area contributed by atoms with Gasteiger partial charge in [0, 0.05) is 36.4 Å². The van der Waals surface area contributed by atoms with Crippen LogP contribution in [0.3, 0.4) is 0 Å². The first-order valence-electron chi connectivity index (χ1n) is 5.76. The highest BCUT2D eigenvalue weighted by Crippen LogP contribution is 2.21. The zero-order chi connectivity index (χ0) is 12.2. The van der Waals surface area contributed by atoms with E-state index in [4.69, 9.17) is 5.73 Å². The number of nitrogens with two attached hydrogens (primary N) is 1. The zero-order valence-corrected chi connectivity index (χ0v) is 11.7. The van der Waals surface area contributed by atoms with E-state index in [9.17, 15) is 8.42 Å². The molecule has 4 nitrogen and oxygen atoms in total. The number of hydrogen-bond acceptors (Lipinski definition) is 5. The van der Waals surface area contributed by atoms with Gasteiger partial charge in [-0.25, -0.2) is 8.42 Å². The Balaban J connectivity index is 2.64. The Hall–Kier alpha value is 0.220. The van der Waals surface area contributed by atoms with Crippen LogP contribution < -0.4 is 5.73 Å². The van der Waals surface area contributed by atoms with Crippen molar-refractivity contribution in [3.8, 4) is 0 Å². The summed E-state index contributed by atoms with van der Waals surface area (Å²) in [6.07, 6.45) is 0.862. The standard InChI is InChI=1S/C10H22N2O2S2/c1-3-16(13,14)10-8-15-7-6-12(10)5-4-9(2)11/h9-10H,3-8,11H2,1-2H3. The van der Waals surface area contributed by atoms with E-state index in [2.05, 4.69) is 4.90 Å². The van der Waals surface area contributed by atoms with Crippen LogP contribution >= 0.6 is 11.8 Å². The summed E-state index contributed by atoms with van der Waals surface area (Å²) in [4.78, 5) is 2.08. The van der Waals surface area contributed by atoms with E-state index in [1.165, 1.54) is 0 Å². The van der Waals surface area contributed by atoms with E-state index in [0.29, 0.717) is 5.75 Å². The van der Waals surface area contributed by atoms with E-state index < -0.39 is 9.84 Å². The van der Waals surface area contributed by atoms with Crippen LogP contribution in [0.1, 0.15) is 20.3 Å². The van der Waals surface area contributed by atoms with E-state index >= 15 is 0 Å². The molecule has 0 aromatic rings. The summed E-state index contributed by atoms with van der Waals surface area (Å²) in [5.74, 6) is 1.96. The van der Waals surface area contributed by atoms with Crippen LogP contribution in [0.2, 0.25) is 0 Å². The number of hydrogen-bond donors (Lipinski definition) is 1. The van der Waals surface area contributed by atoms with Crippen LogP contribution in [-0.4, -0.2) is 55.1 Å². The number of nitrogens with zero attached hydrogens (tertiary/aromatic N) is 1. The fourth-order valence-electron chi connectivity index (χ4n) is 1.76. The van der Waals surface area contributed by atoms with Gasteiger partial charge >= 0.3 is 0 Å². The molecule has 1 aliphatic heterocycles. The normalized spacial score (nSPS) is 25.6. The van der Waals surface area contributed by atoms with Gasteiger partial charge in [-0.2, -0.15) is 11.8 Å².